The van der Waals surface area contributed by atoms with Crippen molar-refractivity contribution in [1.29, 1.82) is 0 Å². The first-order chi connectivity index (χ1) is 17.4. The van der Waals surface area contributed by atoms with Crippen LogP contribution in [0, 0.1) is 24.2 Å². The van der Waals surface area contributed by atoms with Crippen molar-refractivity contribution >= 4 is 16.9 Å². The Morgan fingerprint density at radius 3 is 2.38 bits per heavy atom. The van der Waals surface area contributed by atoms with Crippen molar-refractivity contribution in [2.75, 3.05) is 46.4 Å². The lowest BCUT2D eigenvalue weighted by molar-refractivity contribution is -0.135. The van der Waals surface area contributed by atoms with Crippen LogP contribution in [-0.4, -0.2) is 76.7 Å². The van der Waals surface area contributed by atoms with Crippen LogP contribution < -0.4 is 5.73 Å². The van der Waals surface area contributed by atoms with E-state index in [0.717, 1.165) is 30.5 Å². The van der Waals surface area contributed by atoms with Gasteiger partial charge < -0.3 is 15.4 Å². The number of nitrogens with two attached hydrogens (primary N) is 1. The first-order valence-electron chi connectivity index (χ1n) is 13.0. The molecule has 0 aromatic rings. The number of terminal acetylenes is 1. The molecule has 0 saturated carbocycles. The number of allylic oxidation sites excluding steroid dienone is 4. The summed E-state index contributed by atoms with van der Waals surface area (Å²) in [7, 11) is 0.147. The van der Waals surface area contributed by atoms with Crippen LogP contribution in [0.2, 0.25) is 0 Å². The molecule has 0 radical (unpaired) electrons. The van der Waals surface area contributed by atoms with Gasteiger partial charge in [-0.2, -0.15) is 13.2 Å². The minimum absolute atomic E-state index is 0.0181. The Kier molecular flexibility index (Phi) is 12.3. The maximum Gasteiger partial charge on any atom is 0.389 e. The molecule has 6 nitrogen and oxygen atoms in total. The van der Waals surface area contributed by atoms with Crippen molar-refractivity contribution < 1.29 is 26.9 Å². The van der Waals surface area contributed by atoms with Gasteiger partial charge in [-0.3, -0.25) is 4.79 Å². The van der Waals surface area contributed by atoms with E-state index in [1.165, 1.54) is 0 Å². The van der Waals surface area contributed by atoms with Crippen molar-refractivity contribution in [3.63, 3.8) is 0 Å². The Hall–Kier alpha value is -1.67. The molecule has 0 aromatic carbocycles. The monoisotopic (exact) mass is 545 g/mol. The molecule has 210 valence electrons. The maximum absolute atomic E-state index is 13.6. The van der Waals surface area contributed by atoms with Gasteiger partial charge >= 0.3 is 6.18 Å². The number of rotatable bonds is 12. The molecule has 2 saturated heterocycles. The molecule has 0 spiro atoms. The molecule has 2 fully saturated rings. The number of hydrogen-bond donors (Lipinski definition) is 1. The molecule has 2 atom stereocenters. The quantitative estimate of drug-likeness (QED) is 0.295. The second-order valence-corrected chi connectivity index (χ2v) is 12.0. The standard InChI is InChI=1S/C27H42F3N3O3S/c1-5-21(2)23(7-6-12-27(28,29)30)9-8-22(3)24-10-15-33(16-11-24)37(35)26(25(31)34)13-17-32(18-14-26)19-20-36-4/h1,8-9,21,24H,6-7,10-20H2,2-4H3,(H2,31,34)/b22-8+,23-9-. The summed E-state index contributed by atoms with van der Waals surface area (Å²) in [6.07, 6.45) is 7.21. The van der Waals surface area contributed by atoms with Crippen molar-refractivity contribution in [3.8, 4) is 12.3 Å². The lowest BCUT2D eigenvalue weighted by Gasteiger charge is -2.42. The van der Waals surface area contributed by atoms with Crippen LogP contribution in [0.3, 0.4) is 0 Å². The van der Waals surface area contributed by atoms with E-state index < -0.39 is 34.2 Å². The second-order valence-electron chi connectivity index (χ2n) is 10.2. The number of ether oxygens (including phenoxy) is 1. The zero-order valence-corrected chi connectivity index (χ0v) is 23.1. The lowest BCUT2D eigenvalue weighted by Crippen LogP contribution is -2.59. The predicted octanol–water partition coefficient (Wildman–Crippen LogP) is 4.20. The summed E-state index contributed by atoms with van der Waals surface area (Å²) in [4.78, 5) is 14.7. The number of halogens is 3. The Morgan fingerprint density at radius 1 is 1.24 bits per heavy atom. The Balaban J connectivity index is 1.98. The van der Waals surface area contributed by atoms with Crippen LogP contribution in [0.25, 0.3) is 0 Å². The molecule has 37 heavy (non-hydrogen) atoms. The molecule has 10 heteroatoms. The van der Waals surface area contributed by atoms with Gasteiger partial charge in [0.15, 0.2) is 0 Å². The van der Waals surface area contributed by atoms with Crippen LogP contribution in [-0.2, 0) is 20.5 Å². The second kappa shape index (κ2) is 14.5. The molecule has 2 rings (SSSR count). The van der Waals surface area contributed by atoms with Gasteiger partial charge in [-0.15, -0.1) is 6.42 Å². The molecule has 2 heterocycles. The van der Waals surface area contributed by atoms with E-state index in [1.54, 1.807) is 7.11 Å². The average molecular weight is 546 g/mol. The normalized spacial score (nSPS) is 22.4. The molecule has 2 aliphatic heterocycles. The SMILES string of the molecule is C#CC(C)/C(=C\C=C(/C)C1CCN(S(=O)C2(C(N)=O)CCN(CCOC)CC2)CC1)CCCC(F)(F)F. The fraction of sp³-hybridized carbons (Fsp3) is 0.741. The highest BCUT2D eigenvalue weighted by Gasteiger charge is 2.48. The lowest BCUT2D eigenvalue weighted by atomic mass is 9.89. The molecule has 0 bridgehead atoms. The molecular weight excluding hydrogens is 503 g/mol. The number of hydrogen-bond acceptors (Lipinski definition) is 4. The molecule has 2 aliphatic rings. The van der Waals surface area contributed by atoms with E-state index >= 15 is 0 Å². The molecule has 2 N–H and O–H groups in total. The Labute approximate surface area is 222 Å². The van der Waals surface area contributed by atoms with Crippen molar-refractivity contribution in [3.05, 3.63) is 23.3 Å². The number of piperidine rings is 2. The summed E-state index contributed by atoms with van der Waals surface area (Å²) in [6.45, 7) is 7.72. The van der Waals surface area contributed by atoms with Crippen molar-refractivity contribution in [2.24, 2.45) is 17.6 Å². The fourth-order valence-electron chi connectivity index (χ4n) is 5.01. The molecule has 1 amide bonds. The zero-order chi connectivity index (χ0) is 27.6. The van der Waals surface area contributed by atoms with Gasteiger partial charge in [0.25, 0.3) is 0 Å². The third-order valence-electron chi connectivity index (χ3n) is 7.68. The van der Waals surface area contributed by atoms with Gasteiger partial charge in [0.05, 0.1) is 6.61 Å². The maximum atomic E-state index is 13.6. The summed E-state index contributed by atoms with van der Waals surface area (Å²) in [5, 5.41) is 0. The van der Waals surface area contributed by atoms with Gasteiger partial charge in [-0.05, 0) is 58.3 Å². The fourth-order valence-corrected chi connectivity index (χ4v) is 6.75. The highest BCUT2D eigenvalue weighted by atomic mass is 32.2. The largest absolute Gasteiger partial charge is 0.389 e. The number of carbonyl (C=O) groups excluding carboxylic acids is 1. The number of alkyl halides is 3. The van der Waals surface area contributed by atoms with Crippen LogP contribution in [0.4, 0.5) is 13.2 Å². The van der Waals surface area contributed by atoms with Crippen molar-refractivity contribution in [2.45, 2.75) is 69.7 Å². The zero-order valence-electron chi connectivity index (χ0n) is 22.3. The first-order valence-corrected chi connectivity index (χ1v) is 14.1. The first kappa shape index (κ1) is 31.5. The summed E-state index contributed by atoms with van der Waals surface area (Å²) in [6, 6.07) is 0. The highest BCUT2D eigenvalue weighted by molar-refractivity contribution is 7.85. The number of primary amides is 1. The van der Waals surface area contributed by atoms with E-state index in [-0.39, 0.29) is 18.3 Å². The van der Waals surface area contributed by atoms with Crippen LogP contribution in [0.5, 0.6) is 0 Å². The van der Waals surface area contributed by atoms with Gasteiger partial charge in [-0.1, -0.05) is 29.2 Å². The van der Waals surface area contributed by atoms with E-state index in [2.05, 4.69) is 10.8 Å². The highest BCUT2D eigenvalue weighted by Crippen LogP contribution is 2.34. The molecule has 0 aliphatic carbocycles. The number of amides is 1. The van der Waals surface area contributed by atoms with E-state index in [4.69, 9.17) is 16.9 Å². The van der Waals surface area contributed by atoms with Crippen molar-refractivity contribution in [1.82, 2.24) is 9.21 Å². The predicted molar refractivity (Wildman–Crippen MR) is 142 cm³/mol. The topological polar surface area (TPSA) is 75.9 Å². The molecule has 0 aromatic heterocycles. The third kappa shape index (κ3) is 9.24. The van der Waals surface area contributed by atoms with Gasteiger partial charge in [0, 0.05) is 52.2 Å². The number of carbonyl (C=O) groups is 1. The summed E-state index contributed by atoms with van der Waals surface area (Å²) in [5.74, 6) is 2.16. The minimum Gasteiger partial charge on any atom is -0.383 e. The Morgan fingerprint density at radius 2 is 1.86 bits per heavy atom. The smallest absolute Gasteiger partial charge is 0.383 e. The van der Waals surface area contributed by atoms with E-state index in [1.807, 2.05) is 30.3 Å². The molecular formula is C27H42F3N3O3S. The number of likely N-dealkylation sites (tertiary alicyclic amines) is 1. The number of nitrogens with zero attached hydrogens (tertiary/aromatic N) is 2. The van der Waals surface area contributed by atoms with Crippen LogP contribution in [0.1, 0.15) is 58.8 Å². The summed E-state index contributed by atoms with van der Waals surface area (Å²) < 4.78 is 57.2. The summed E-state index contributed by atoms with van der Waals surface area (Å²) >= 11 is 0. The summed E-state index contributed by atoms with van der Waals surface area (Å²) in [5.41, 5.74) is 7.75. The average Bonchev–Trinajstić information content (AvgIpc) is 2.87. The Bertz CT molecular complexity index is 882. The van der Waals surface area contributed by atoms with E-state index in [9.17, 15) is 22.2 Å². The minimum atomic E-state index is -4.17. The number of methoxy groups -OCH3 is 1. The third-order valence-corrected chi connectivity index (χ3v) is 9.80. The van der Waals surface area contributed by atoms with Crippen LogP contribution in [0.15, 0.2) is 23.3 Å². The van der Waals surface area contributed by atoms with Crippen LogP contribution >= 0.6 is 0 Å². The molecule has 2 unspecified atom stereocenters. The van der Waals surface area contributed by atoms with Gasteiger partial charge in [0.2, 0.25) is 5.91 Å². The van der Waals surface area contributed by atoms with Gasteiger partial charge in [-0.25, -0.2) is 8.51 Å². The van der Waals surface area contributed by atoms with Gasteiger partial charge in [0.1, 0.15) is 15.7 Å². The van der Waals surface area contributed by atoms with E-state index in [0.29, 0.717) is 52.0 Å².